The van der Waals surface area contributed by atoms with Gasteiger partial charge in [-0.2, -0.15) is 0 Å². The largest absolute Gasteiger partial charge is 0.478 e. The van der Waals surface area contributed by atoms with Gasteiger partial charge in [-0.3, -0.25) is 0 Å². The molecule has 0 aliphatic rings. The fourth-order valence-corrected chi connectivity index (χ4v) is 1.60. The predicted molar refractivity (Wildman–Crippen MR) is 80.2 cm³/mol. The van der Waals surface area contributed by atoms with Gasteiger partial charge in [0.2, 0.25) is 0 Å². The van der Waals surface area contributed by atoms with E-state index in [0.29, 0.717) is 11.3 Å². The third kappa shape index (κ3) is 3.27. The summed E-state index contributed by atoms with van der Waals surface area (Å²) in [5, 5.41) is 8.80. The van der Waals surface area contributed by atoms with Gasteiger partial charge in [0.1, 0.15) is 0 Å². The van der Waals surface area contributed by atoms with Crippen molar-refractivity contribution < 1.29 is 9.90 Å². The third-order valence-electron chi connectivity index (χ3n) is 2.75. The van der Waals surface area contributed by atoms with E-state index < -0.39 is 5.97 Å². The quantitative estimate of drug-likeness (QED) is 0.646. The Kier molecular flexibility index (Phi) is 3.88. The summed E-state index contributed by atoms with van der Waals surface area (Å²) in [6.45, 7) is 3.91. The molecule has 0 aliphatic carbocycles. The molecule has 3 heteroatoms. The molecule has 0 aliphatic heterocycles. The molecule has 0 spiro atoms. The number of anilines is 1. The normalized spacial score (nSPS) is 9.40. The van der Waals surface area contributed by atoms with Crippen molar-refractivity contribution in [2.75, 3.05) is 5.73 Å². The molecule has 0 aromatic heterocycles. The third-order valence-corrected chi connectivity index (χ3v) is 2.75. The number of hydrogen-bond acceptors (Lipinski definition) is 2. The highest BCUT2D eigenvalue weighted by Crippen LogP contribution is 2.13. The standard InChI is InChI=1S/C17H13NO2/c1-12(14-8-10-16(18)11-9-14)2-3-13-4-6-15(7-5-13)17(19)20/h4-11H,1,18H2,(H,19,20). The minimum absolute atomic E-state index is 0.243. The maximum Gasteiger partial charge on any atom is 0.335 e. The summed E-state index contributed by atoms with van der Waals surface area (Å²) < 4.78 is 0. The number of carbonyl (C=O) groups is 1. The second-order valence-corrected chi connectivity index (χ2v) is 4.23. The van der Waals surface area contributed by atoms with Gasteiger partial charge in [-0.05, 0) is 42.0 Å². The van der Waals surface area contributed by atoms with Gasteiger partial charge in [0.25, 0.3) is 0 Å². The molecule has 98 valence electrons. The van der Waals surface area contributed by atoms with Crippen molar-refractivity contribution in [2.24, 2.45) is 0 Å². The van der Waals surface area contributed by atoms with Crippen molar-refractivity contribution in [1.82, 2.24) is 0 Å². The lowest BCUT2D eigenvalue weighted by Crippen LogP contribution is -1.94. The molecule has 0 bridgehead atoms. The van der Waals surface area contributed by atoms with Crippen LogP contribution in [0.1, 0.15) is 21.5 Å². The Hall–Kier alpha value is -2.99. The van der Waals surface area contributed by atoms with Crippen LogP contribution in [0.2, 0.25) is 0 Å². The number of benzene rings is 2. The van der Waals surface area contributed by atoms with E-state index in [4.69, 9.17) is 10.8 Å². The number of hydrogen-bond donors (Lipinski definition) is 2. The van der Waals surface area contributed by atoms with E-state index in [9.17, 15) is 4.79 Å². The van der Waals surface area contributed by atoms with Crippen LogP contribution < -0.4 is 5.73 Å². The molecule has 0 radical (unpaired) electrons. The van der Waals surface area contributed by atoms with E-state index in [0.717, 1.165) is 11.1 Å². The van der Waals surface area contributed by atoms with E-state index in [1.165, 1.54) is 12.1 Å². The molecule has 0 amide bonds. The Morgan fingerprint density at radius 3 is 2.10 bits per heavy atom. The summed E-state index contributed by atoms with van der Waals surface area (Å²) in [7, 11) is 0. The zero-order valence-electron chi connectivity index (χ0n) is 10.8. The Morgan fingerprint density at radius 1 is 1.00 bits per heavy atom. The Balaban J connectivity index is 2.16. The summed E-state index contributed by atoms with van der Waals surface area (Å²) in [5.41, 5.74) is 8.89. The molecular weight excluding hydrogens is 250 g/mol. The molecule has 2 aromatic rings. The van der Waals surface area contributed by atoms with E-state index in [2.05, 4.69) is 18.4 Å². The molecule has 2 rings (SSSR count). The highest BCUT2D eigenvalue weighted by Gasteiger charge is 2.00. The number of nitrogens with two attached hydrogens (primary N) is 1. The molecule has 0 saturated carbocycles. The predicted octanol–water partition coefficient (Wildman–Crippen LogP) is 3.03. The summed E-state index contributed by atoms with van der Waals surface area (Å²) >= 11 is 0. The van der Waals surface area contributed by atoms with Gasteiger partial charge in [-0.1, -0.05) is 30.6 Å². The van der Waals surface area contributed by atoms with Crippen LogP contribution >= 0.6 is 0 Å². The van der Waals surface area contributed by atoms with E-state index in [1.807, 2.05) is 12.1 Å². The number of rotatable bonds is 2. The fraction of sp³-hybridized carbons (Fsp3) is 0. The van der Waals surface area contributed by atoms with Gasteiger partial charge < -0.3 is 10.8 Å². The number of carboxylic acids is 1. The van der Waals surface area contributed by atoms with E-state index in [-0.39, 0.29) is 5.56 Å². The SMILES string of the molecule is C=C(C#Cc1ccc(C(=O)O)cc1)c1ccc(N)cc1. The van der Waals surface area contributed by atoms with Crippen molar-refractivity contribution in [3.8, 4) is 11.8 Å². The first-order valence-electron chi connectivity index (χ1n) is 5.96. The van der Waals surface area contributed by atoms with Gasteiger partial charge >= 0.3 is 5.97 Å². The minimum atomic E-state index is -0.948. The van der Waals surface area contributed by atoms with E-state index >= 15 is 0 Å². The molecule has 0 fully saturated rings. The molecule has 3 N–H and O–H groups in total. The number of nitrogen functional groups attached to an aromatic ring is 1. The summed E-state index contributed by atoms with van der Waals surface area (Å²) in [6.07, 6.45) is 0. The highest BCUT2D eigenvalue weighted by atomic mass is 16.4. The van der Waals surface area contributed by atoms with Gasteiger partial charge in [0.15, 0.2) is 0 Å². The lowest BCUT2D eigenvalue weighted by Gasteiger charge is -1.98. The fourth-order valence-electron chi connectivity index (χ4n) is 1.60. The lowest BCUT2D eigenvalue weighted by atomic mass is 10.1. The van der Waals surface area contributed by atoms with Gasteiger partial charge in [0.05, 0.1) is 5.56 Å². The molecule has 20 heavy (non-hydrogen) atoms. The average molecular weight is 263 g/mol. The summed E-state index contributed by atoms with van der Waals surface area (Å²) in [6, 6.07) is 13.7. The van der Waals surface area contributed by atoms with Gasteiger partial charge in [0, 0.05) is 16.8 Å². The zero-order chi connectivity index (χ0) is 14.5. The van der Waals surface area contributed by atoms with Crippen molar-refractivity contribution in [3.05, 3.63) is 71.8 Å². The second-order valence-electron chi connectivity index (χ2n) is 4.23. The minimum Gasteiger partial charge on any atom is -0.478 e. The Morgan fingerprint density at radius 2 is 1.55 bits per heavy atom. The van der Waals surface area contributed by atoms with Crippen LogP contribution in [-0.4, -0.2) is 11.1 Å². The van der Waals surface area contributed by atoms with Crippen LogP contribution in [0, 0.1) is 11.8 Å². The summed E-state index contributed by atoms with van der Waals surface area (Å²) in [4.78, 5) is 10.7. The van der Waals surface area contributed by atoms with Gasteiger partial charge in [-0.25, -0.2) is 4.79 Å². The van der Waals surface area contributed by atoms with Crippen molar-refractivity contribution in [2.45, 2.75) is 0 Å². The first-order valence-corrected chi connectivity index (χ1v) is 5.96. The number of carboxylic acid groups (broad SMARTS) is 1. The van der Waals surface area contributed by atoms with Crippen molar-refractivity contribution in [1.29, 1.82) is 0 Å². The van der Waals surface area contributed by atoms with E-state index in [1.54, 1.807) is 24.3 Å². The average Bonchev–Trinajstić information content (AvgIpc) is 2.46. The Labute approximate surface area is 117 Å². The second kappa shape index (κ2) is 5.77. The maximum absolute atomic E-state index is 10.7. The lowest BCUT2D eigenvalue weighted by molar-refractivity contribution is 0.0697. The van der Waals surface area contributed by atoms with Crippen LogP contribution in [0.4, 0.5) is 5.69 Å². The van der Waals surface area contributed by atoms with Gasteiger partial charge in [-0.15, -0.1) is 0 Å². The van der Waals surface area contributed by atoms with Crippen LogP contribution in [0.15, 0.2) is 55.1 Å². The van der Waals surface area contributed by atoms with Crippen LogP contribution in [0.5, 0.6) is 0 Å². The molecular formula is C17H13NO2. The van der Waals surface area contributed by atoms with Crippen LogP contribution in [0.3, 0.4) is 0 Å². The first kappa shape index (κ1) is 13.4. The number of aromatic carboxylic acids is 1. The summed E-state index contributed by atoms with van der Waals surface area (Å²) in [5.74, 6) is 4.95. The Bertz CT molecular complexity index is 701. The molecule has 3 nitrogen and oxygen atoms in total. The van der Waals surface area contributed by atoms with Crippen molar-refractivity contribution in [3.63, 3.8) is 0 Å². The molecule has 0 atom stereocenters. The molecule has 0 saturated heterocycles. The van der Waals surface area contributed by atoms with Crippen molar-refractivity contribution >= 4 is 17.2 Å². The van der Waals surface area contributed by atoms with Crippen LogP contribution in [-0.2, 0) is 0 Å². The monoisotopic (exact) mass is 263 g/mol. The van der Waals surface area contributed by atoms with Crippen LogP contribution in [0.25, 0.3) is 5.57 Å². The molecule has 0 heterocycles. The first-order chi connectivity index (χ1) is 9.56. The molecule has 0 unspecified atom stereocenters. The highest BCUT2D eigenvalue weighted by molar-refractivity contribution is 5.87. The zero-order valence-corrected chi connectivity index (χ0v) is 10.8. The smallest absolute Gasteiger partial charge is 0.335 e. The number of allylic oxidation sites excluding steroid dienone is 1. The maximum atomic E-state index is 10.7. The molecule has 2 aromatic carbocycles. The topological polar surface area (TPSA) is 63.3 Å².